The molecule has 6 aromatic rings. The topological polar surface area (TPSA) is 153 Å². The first kappa shape index (κ1) is 32.9. The van der Waals surface area contributed by atoms with E-state index in [9.17, 15) is 0 Å². The van der Waals surface area contributed by atoms with E-state index in [1.807, 2.05) is 45.2 Å². The summed E-state index contributed by atoms with van der Waals surface area (Å²) >= 11 is 16.0. The molecule has 6 N–H and O–H groups in total. The van der Waals surface area contributed by atoms with Gasteiger partial charge in [0.25, 0.3) is 0 Å². The quantitative estimate of drug-likeness (QED) is 0.133. The maximum absolute atomic E-state index is 5.79. The minimum Gasteiger partial charge on any atom is -0.399 e. The first-order valence-electron chi connectivity index (χ1n) is 14.9. The second-order valence-corrected chi connectivity index (χ2v) is 12.2. The molecule has 4 aromatic carbocycles. The number of aromatic nitrogens is 6. The van der Waals surface area contributed by atoms with Crippen molar-refractivity contribution in [2.75, 3.05) is 29.1 Å². The summed E-state index contributed by atoms with van der Waals surface area (Å²) < 4.78 is 0. The van der Waals surface area contributed by atoms with Gasteiger partial charge in [-0.15, -0.1) is 0 Å². The van der Waals surface area contributed by atoms with Crippen LogP contribution in [0.15, 0.2) is 72.8 Å². The third-order valence-corrected chi connectivity index (χ3v) is 8.29. The predicted octanol–water partition coefficient (Wildman–Crippen LogP) is 8.10. The van der Waals surface area contributed by atoms with Gasteiger partial charge in [0.15, 0.2) is 0 Å². The van der Waals surface area contributed by atoms with E-state index in [-0.39, 0.29) is 15.9 Å². The van der Waals surface area contributed by atoms with Crippen molar-refractivity contribution >= 4 is 63.5 Å². The molecular formula is C35H31Cl3N10. The van der Waals surface area contributed by atoms with Crippen LogP contribution in [0.5, 0.6) is 0 Å². The third kappa shape index (κ3) is 7.57. The Morgan fingerprint density at radius 3 is 1.38 bits per heavy atom. The van der Waals surface area contributed by atoms with Crippen LogP contribution in [0.4, 0.5) is 28.7 Å². The first-order chi connectivity index (χ1) is 23.0. The number of aryl methyl sites for hydroxylation is 2. The Morgan fingerprint density at radius 1 is 0.521 bits per heavy atom. The molecule has 0 atom stereocenters. The number of nitrogens with zero attached hydrogens (tertiary/aromatic N) is 6. The van der Waals surface area contributed by atoms with Crippen LogP contribution >= 0.6 is 34.8 Å². The molecule has 10 nitrogen and oxygen atoms in total. The summed E-state index contributed by atoms with van der Waals surface area (Å²) in [5.74, 6) is 2.02. The van der Waals surface area contributed by atoms with Gasteiger partial charge in [-0.25, -0.2) is 4.98 Å². The highest BCUT2D eigenvalue weighted by atomic mass is 35.5. The number of nitrogens with one attached hydrogen (secondary N) is 2. The largest absolute Gasteiger partial charge is 0.399 e. The average molecular weight is 698 g/mol. The number of nitrogen functional groups attached to an aromatic ring is 2. The summed E-state index contributed by atoms with van der Waals surface area (Å²) in [7, 11) is 1.95. The Balaban J connectivity index is 0.000000142. The lowest BCUT2D eigenvalue weighted by Gasteiger charge is -2.09. The monoisotopic (exact) mass is 696 g/mol. The number of hydrogen-bond donors (Lipinski definition) is 4. The van der Waals surface area contributed by atoms with Crippen molar-refractivity contribution in [3.63, 3.8) is 0 Å². The van der Waals surface area contributed by atoms with Gasteiger partial charge in [0, 0.05) is 29.8 Å². The van der Waals surface area contributed by atoms with Crippen molar-refractivity contribution < 1.29 is 0 Å². The Bertz CT molecular complexity index is 2040. The van der Waals surface area contributed by atoms with E-state index in [1.54, 1.807) is 0 Å². The fraction of sp³-hybridized carbons (Fsp3) is 0.143. The Hall–Kier alpha value is -5.03. The molecule has 0 unspecified atom stereocenters. The van der Waals surface area contributed by atoms with Crippen LogP contribution in [0.2, 0.25) is 15.9 Å². The molecule has 2 heterocycles. The normalized spacial score (nSPS) is 11.5. The molecule has 0 fully saturated rings. The molecule has 0 radical (unpaired) electrons. The van der Waals surface area contributed by atoms with Gasteiger partial charge in [0.05, 0.1) is 0 Å². The summed E-state index contributed by atoms with van der Waals surface area (Å²) in [6.45, 7) is 3.75. The molecule has 0 saturated carbocycles. The average Bonchev–Trinajstić information content (AvgIpc) is 3.57. The Morgan fingerprint density at radius 2 is 0.917 bits per heavy atom. The zero-order valence-electron chi connectivity index (χ0n) is 26.3. The van der Waals surface area contributed by atoms with Crippen LogP contribution in [0.3, 0.4) is 0 Å². The van der Waals surface area contributed by atoms with Crippen LogP contribution in [0, 0.1) is 13.8 Å². The fourth-order valence-corrected chi connectivity index (χ4v) is 6.32. The summed E-state index contributed by atoms with van der Waals surface area (Å²) in [5.41, 5.74) is 25.8. The van der Waals surface area contributed by atoms with E-state index >= 15 is 0 Å². The third-order valence-electron chi connectivity index (χ3n) is 7.79. The van der Waals surface area contributed by atoms with Crippen molar-refractivity contribution in [3.05, 3.63) is 123 Å². The Kier molecular flexibility index (Phi) is 9.58. The second-order valence-electron chi connectivity index (χ2n) is 11.2. The van der Waals surface area contributed by atoms with Crippen molar-refractivity contribution in [1.82, 2.24) is 29.9 Å². The second kappa shape index (κ2) is 14.0. The van der Waals surface area contributed by atoms with Crippen LogP contribution in [-0.4, -0.2) is 37.0 Å². The van der Waals surface area contributed by atoms with Crippen LogP contribution < -0.4 is 22.1 Å². The minimum atomic E-state index is 0.000000000000000444. The van der Waals surface area contributed by atoms with Gasteiger partial charge in [0.1, 0.15) is 11.6 Å². The molecule has 2 aromatic heterocycles. The summed E-state index contributed by atoms with van der Waals surface area (Å²) in [5, 5.41) is 6.51. The van der Waals surface area contributed by atoms with E-state index in [0.29, 0.717) is 5.95 Å². The highest BCUT2D eigenvalue weighted by molar-refractivity contribution is 6.33. The molecule has 48 heavy (non-hydrogen) atoms. The van der Waals surface area contributed by atoms with Gasteiger partial charge in [-0.1, -0.05) is 24.3 Å². The van der Waals surface area contributed by atoms with Gasteiger partial charge in [0.2, 0.25) is 21.8 Å². The molecule has 8 rings (SSSR count). The van der Waals surface area contributed by atoms with Gasteiger partial charge >= 0.3 is 0 Å². The van der Waals surface area contributed by atoms with Crippen LogP contribution in [0.1, 0.15) is 33.9 Å². The molecule has 242 valence electrons. The van der Waals surface area contributed by atoms with E-state index in [4.69, 9.17) is 46.3 Å². The van der Waals surface area contributed by atoms with Crippen molar-refractivity contribution in [3.8, 4) is 22.3 Å². The summed E-state index contributed by atoms with van der Waals surface area (Å²) in [6.07, 6.45) is 1.98. The van der Waals surface area contributed by atoms with Gasteiger partial charge < -0.3 is 22.1 Å². The lowest BCUT2D eigenvalue weighted by molar-refractivity contribution is 0.928. The van der Waals surface area contributed by atoms with Gasteiger partial charge in [-0.2, -0.15) is 24.9 Å². The molecule has 0 saturated heterocycles. The van der Waals surface area contributed by atoms with Crippen LogP contribution in [-0.2, 0) is 12.8 Å². The highest BCUT2D eigenvalue weighted by Crippen LogP contribution is 2.40. The number of fused-ring (bicyclic) bond motifs is 6. The van der Waals surface area contributed by atoms with Crippen LogP contribution in [0.25, 0.3) is 22.3 Å². The molecule has 0 spiro atoms. The fourth-order valence-electron chi connectivity index (χ4n) is 5.71. The highest BCUT2D eigenvalue weighted by Gasteiger charge is 2.20. The molecule has 0 bridgehead atoms. The van der Waals surface area contributed by atoms with E-state index in [0.717, 1.165) is 47.2 Å². The zero-order chi connectivity index (χ0) is 33.9. The smallest absolute Gasteiger partial charge is 0.230 e. The maximum atomic E-state index is 5.79. The van der Waals surface area contributed by atoms with Crippen molar-refractivity contribution in [1.29, 1.82) is 0 Å². The summed E-state index contributed by atoms with van der Waals surface area (Å²) in [6, 6.07) is 25.1. The number of rotatable bonds is 3. The minimum absolute atomic E-state index is 0.000000000000000444. The lowest BCUT2D eigenvalue weighted by Crippen LogP contribution is -2.02. The molecule has 2 aliphatic carbocycles. The molecular weight excluding hydrogens is 667 g/mol. The molecule has 0 amide bonds. The SMILES string of the molecule is CNc1ccc2c(c1)-c1cc(Nc3nc(C)nc(C)n3)ccc1C2.Clc1nc(Cl)nc(Cl)n1.Nc1ccc2c(c1)-c1cc(N)ccc1C2. The van der Waals surface area contributed by atoms with Crippen molar-refractivity contribution in [2.45, 2.75) is 26.7 Å². The molecule has 13 heteroatoms. The molecule has 0 aliphatic heterocycles. The first-order valence-corrected chi connectivity index (χ1v) is 16.1. The standard InChI is InChI=1S/C19H19N5.C13H12N2.C3Cl3N3/c1-11-21-12(2)23-19(22-11)24-16-7-5-14-8-13-4-6-15(20-3)9-17(13)18(14)10-16;14-10-3-1-8-5-9-2-4-11(15)7-13(9)12(8)6-10;4-1-7-2(5)9-3(6)8-1/h4-7,9-10,20H,8H2,1-3H3,(H,21,22,23,24);1-4,6-7H,5,14-15H2;. The maximum Gasteiger partial charge on any atom is 0.230 e. The van der Waals surface area contributed by atoms with E-state index in [2.05, 4.69) is 89.1 Å². The number of benzene rings is 4. The van der Waals surface area contributed by atoms with E-state index in [1.165, 1.54) is 44.5 Å². The Labute approximate surface area is 293 Å². The van der Waals surface area contributed by atoms with E-state index < -0.39 is 0 Å². The zero-order valence-corrected chi connectivity index (χ0v) is 28.6. The van der Waals surface area contributed by atoms with Gasteiger partial charge in [-0.05, 0) is 155 Å². The predicted molar refractivity (Wildman–Crippen MR) is 195 cm³/mol. The number of halogens is 3. The number of anilines is 5. The van der Waals surface area contributed by atoms with Crippen molar-refractivity contribution in [2.24, 2.45) is 0 Å². The summed E-state index contributed by atoms with van der Waals surface area (Å²) in [4.78, 5) is 23.3. The van der Waals surface area contributed by atoms with Gasteiger partial charge in [-0.3, -0.25) is 0 Å². The number of hydrogen-bond acceptors (Lipinski definition) is 10. The molecule has 2 aliphatic rings. The lowest BCUT2D eigenvalue weighted by atomic mass is 10.0. The number of nitrogens with two attached hydrogens (primary N) is 2.